The second kappa shape index (κ2) is 7.71. The van der Waals surface area contributed by atoms with Crippen molar-refractivity contribution < 1.29 is 13.6 Å². The zero-order valence-electron chi connectivity index (χ0n) is 9.36. The summed E-state index contributed by atoms with van der Waals surface area (Å²) in [5, 5.41) is 0. The Bertz CT molecular complexity index is 179. The molecule has 0 N–H and O–H groups in total. The largest absolute Gasteiger partial charge is 0.388 e. The summed E-state index contributed by atoms with van der Waals surface area (Å²) < 4.78 is 21.2. The first-order valence-electron chi connectivity index (χ1n) is 4.70. The number of rotatable bonds is 8. The van der Waals surface area contributed by atoms with E-state index in [2.05, 4.69) is 18.7 Å². The molecular weight excluding hydrogens is 221 g/mol. The van der Waals surface area contributed by atoms with E-state index in [9.17, 15) is 4.57 Å². The lowest BCUT2D eigenvalue weighted by molar-refractivity contribution is 0.294. The smallest absolute Gasteiger partial charge is 0.304 e. The first-order chi connectivity index (χ1) is 6.61. The Labute approximate surface area is 90.6 Å². The van der Waals surface area contributed by atoms with Crippen molar-refractivity contribution >= 4 is 18.2 Å². The number of hydrogen-bond donors (Lipinski definition) is 0. The van der Waals surface area contributed by atoms with E-state index in [-0.39, 0.29) is 0 Å². The summed E-state index contributed by atoms with van der Waals surface area (Å²) in [6.45, 7) is 4.30. The van der Waals surface area contributed by atoms with Gasteiger partial charge in [0.2, 0.25) is 0 Å². The monoisotopic (exact) mass is 241 g/mol. The van der Waals surface area contributed by atoms with Crippen LogP contribution < -0.4 is 0 Å². The molecule has 0 radical (unpaired) electrons. The molecule has 0 bridgehead atoms. The van der Waals surface area contributed by atoms with Gasteiger partial charge in [-0.3, -0.25) is 0 Å². The van der Waals surface area contributed by atoms with Crippen LogP contribution in [0.25, 0.3) is 0 Å². The molecule has 0 aliphatic heterocycles. The van der Waals surface area contributed by atoms with Crippen molar-refractivity contribution in [3.63, 3.8) is 0 Å². The van der Waals surface area contributed by atoms with Crippen molar-refractivity contribution in [1.29, 1.82) is 0 Å². The van der Waals surface area contributed by atoms with Gasteiger partial charge in [-0.1, -0.05) is 13.8 Å². The van der Waals surface area contributed by atoms with Crippen molar-refractivity contribution in [2.45, 2.75) is 13.8 Å². The predicted molar refractivity (Wildman–Crippen MR) is 61.9 cm³/mol. The normalized spacial score (nSPS) is 12.4. The minimum absolute atomic E-state index is 0.765. The van der Waals surface area contributed by atoms with E-state index in [4.69, 9.17) is 9.05 Å². The van der Waals surface area contributed by atoms with E-state index in [0.29, 0.717) is 0 Å². The van der Waals surface area contributed by atoms with E-state index < -0.39 is 6.80 Å². The summed E-state index contributed by atoms with van der Waals surface area (Å²) in [7, 11) is 2.82. The first kappa shape index (κ1) is 14.5. The zero-order chi connectivity index (χ0) is 11.0. The van der Waals surface area contributed by atoms with Crippen molar-refractivity contribution in [1.82, 2.24) is 4.90 Å². The minimum Gasteiger partial charge on any atom is -0.304 e. The zero-order valence-corrected chi connectivity index (χ0v) is 11.1. The maximum Gasteiger partial charge on any atom is 0.388 e. The average Bonchev–Trinajstić information content (AvgIpc) is 2.24. The molecular formula is C8H20NO3PS. The molecule has 0 aromatic carbocycles. The Kier molecular flexibility index (Phi) is 7.97. The summed E-state index contributed by atoms with van der Waals surface area (Å²) in [5.41, 5.74) is 0. The highest BCUT2D eigenvalue weighted by molar-refractivity contribution is 8.55. The maximum absolute atomic E-state index is 11.6. The molecule has 6 heteroatoms. The summed E-state index contributed by atoms with van der Waals surface area (Å²) in [6.07, 6.45) is 0. The molecule has 4 nitrogen and oxygen atoms in total. The highest BCUT2D eigenvalue weighted by Crippen LogP contribution is 2.59. The molecule has 0 aliphatic carbocycles. The van der Waals surface area contributed by atoms with Gasteiger partial charge in [-0.05, 0) is 24.5 Å². The van der Waals surface area contributed by atoms with E-state index in [0.717, 1.165) is 25.4 Å². The van der Waals surface area contributed by atoms with Crippen LogP contribution in [0.5, 0.6) is 0 Å². The third-order valence-corrected chi connectivity index (χ3v) is 5.97. The SMILES string of the molecule is CCN(CC)CCSP(=O)(OC)OC. The van der Waals surface area contributed by atoms with Gasteiger partial charge in [0.25, 0.3) is 0 Å². The van der Waals surface area contributed by atoms with E-state index in [1.807, 2.05) is 0 Å². The van der Waals surface area contributed by atoms with Gasteiger partial charge in [0.1, 0.15) is 0 Å². The molecule has 0 rings (SSSR count). The second-order valence-electron chi connectivity index (χ2n) is 2.67. The topological polar surface area (TPSA) is 38.8 Å². The van der Waals surface area contributed by atoms with Gasteiger partial charge in [0.15, 0.2) is 0 Å². The lowest BCUT2D eigenvalue weighted by Crippen LogP contribution is -2.25. The van der Waals surface area contributed by atoms with Crippen LogP contribution in [0.3, 0.4) is 0 Å². The number of nitrogens with zero attached hydrogens (tertiary/aromatic N) is 1. The summed E-state index contributed by atoms with van der Waals surface area (Å²) >= 11 is 1.25. The lowest BCUT2D eigenvalue weighted by Gasteiger charge is -2.18. The molecule has 0 atom stereocenters. The third kappa shape index (κ3) is 5.37. The molecule has 86 valence electrons. The van der Waals surface area contributed by atoms with E-state index in [1.54, 1.807) is 0 Å². The summed E-state index contributed by atoms with van der Waals surface area (Å²) in [5.74, 6) is 0.765. The molecule has 0 saturated heterocycles. The van der Waals surface area contributed by atoms with Crippen LogP contribution in [-0.2, 0) is 13.6 Å². The maximum atomic E-state index is 11.6. The predicted octanol–water partition coefficient (Wildman–Crippen LogP) is 2.46. The van der Waals surface area contributed by atoms with Crippen LogP contribution in [-0.4, -0.2) is 44.5 Å². The van der Waals surface area contributed by atoms with Crippen LogP contribution >= 0.6 is 18.2 Å². The molecule has 0 aliphatic rings. The Morgan fingerprint density at radius 2 is 1.71 bits per heavy atom. The Hall–Kier alpha value is 0.460. The molecule has 0 amide bonds. The van der Waals surface area contributed by atoms with Crippen molar-refractivity contribution in [2.75, 3.05) is 39.6 Å². The standard InChI is InChI=1S/C8H20NO3PS/c1-5-9(6-2)7-8-14-13(10,11-3)12-4/h5-8H2,1-4H3. The number of hydrogen-bond acceptors (Lipinski definition) is 5. The lowest BCUT2D eigenvalue weighted by atomic mass is 10.5. The molecule has 0 spiro atoms. The first-order valence-corrected chi connectivity index (χ1v) is 7.83. The van der Waals surface area contributed by atoms with Crippen LogP contribution in [0.4, 0.5) is 0 Å². The highest BCUT2D eigenvalue weighted by atomic mass is 32.7. The molecule has 0 saturated carbocycles. The molecule has 0 unspecified atom stereocenters. The highest BCUT2D eigenvalue weighted by Gasteiger charge is 2.21. The van der Waals surface area contributed by atoms with Crippen LogP contribution in [0.2, 0.25) is 0 Å². The molecule has 0 aromatic heterocycles. The van der Waals surface area contributed by atoms with Gasteiger partial charge < -0.3 is 13.9 Å². The molecule has 14 heavy (non-hydrogen) atoms. The second-order valence-corrected chi connectivity index (χ2v) is 7.08. The fraction of sp³-hybridized carbons (Fsp3) is 1.00. The van der Waals surface area contributed by atoms with E-state index in [1.165, 1.54) is 25.6 Å². The van der Waals surface area contributed by atoms with E-state index >= 15 is 0 Å². The Morgan fingerprint density at radius 1 is 1.21 bits per heavy atom. The molecule has 0 heterocycles. The molecule has 0 aromatic rings. The quantitative estimate of drug-likeness (QED) is 0.610. The third-order valence-electron chi connectivity index (χ3n) is 2.00. The van der Waals surface area contributed by atoms with Gasteiger partial charge in [-0.15, -0.1) is 0 Å². The summed E-state index contributed by atoms with van der Waals surface area (Å²) in [4.78, 5) is 2.27. The summed E-state index contributed by atoms with van der Waals surface area (Å²) in [6, 6.07) is 0. The Morgan fingerprint density at radius 3 is 2.07 bits per heavy atom. The van der Waals surface area contributed by atoms with Gasteiger partial charge in [-0.2, -0.15) is 0 Å². The van der Waals surface area contributed by atoms with Gasteiger partial charge >= 0.3 is 6.80 Å². The van der Waals surface area contributed by atoms with Crippen LogP contribution in [0, 0.1) is 0 Å². The van der Waals surface area contributed by atoms with Crippen molar-refractivity contribution in [3.05, 3.63) is 0 Å². The Balaban J connectivity index is 3.76. The van der Waals surface area contributed by atoms with Gasteiger partial charge in [0.05, 0.1) is 0 Å². The van der Waals surface area contributed by atoms with Crippen LogP contribution in [0.1, 0.15) is 13.8 Å². The fourth-order valence-corrected chi connectivity index (χ4v) is 3.47. The van der Waals surface area contributed by atoms with Crippen molar-refractivity contribution in [3.8, 4) is 0 Å². The van der Waals surface area contributed by atoms with Crippen LogP contribution in [0.15, 0.2) is 0 Å². The van der Waals surface area contributed by atoms with Crippen molar-refractivity contribution in [2.24, 2.45) is 0 Å². The van der Waals surface area contributed by atoms with Gasteiger partial charge in [0, 0.05) is 26.5 Å². The average molecular weight is 241 g/mol. The fourth-order valence-electron chi connectivity index (χ4n) is 1.00. The molecule has 0 fully saturated rings. The van der Waals surface area contributed by atoms with Gasteiger partial charge in [-0.25, -0.2) is 4.57 Å². The minimum atomic E-state index is -2.87.